The van der Waals surface area contributed by atoms with Gasteiger partial charge in [-0.3, -0.25) is 9.51 Å². The quantitative estimate of drug-likeness (QED) is 0.527. The van der Waals surface area contributed by atoms with Crippen molar-refractivity contribution in [2.75, 3.05) is 0 Å². The van der Waals surface area contributed by atoms with E-state index in [2.05, 4.69) is 24.4 Å². The Kier molecular flexibility index (Phi) is 4.42. The van der Waals surface area contributed by atoms with E-state index in [-0.39, 0.29) is 5.75 Å². The van der Waals surface area contributed by atoms with Gasteiger partial charge < -0.3 is 4.74 Å². The molecule has 10 heteroatoms. The molecule has 0 saturated heterocycles. The van der Waals surface area contributed by atoms with Gasteiger partial charge in [0.05, 0.1) is 15.7 Å². The van der Waals surface area contributed by atoms with Gasteiger partial charge in [0.25, 0.3) is 0 Å². The molecular weight excluding hydrogens is 395 g/mol. The second kappa shape index (κ2) is 6.79. The van der Waals surface area contributed by atoms with Crippen molar-refractivity contribution < 1.29 is 22.4 Å². The van der Waals surface area contributed by atoms with Crippen LogP contribution in [0.15, 0.2) is 45.2 Å². The third-order valence-electron chi connectivity index (χ3n) is 4.15. The predicted octanol–water partition coefficient (Wildman–Crippen LogP) is 4.77. The topological polar surface area (TPSA) is 81.0 Å². The lowest BCUT2D eigenvalue weighted by Crippen LogP contribution is -2.16. The van der Waals surface area contributed by atoms with Crippen molar-refractivity contribution in [2.45, 2.75) is 19.7 Å². The zero-order chi connectivity index (χ0) is 19.9. The van der Waals surface area contributed by atoms with Crippen LogP contribution in [0.5, 0.6) is 5.75 Å². The molecule has 2 aromatic carbocycles. The predicted molar refractivity (Wildman–Crippen MR) is 97.2 cm³/mol. The number of rotatable bonds is 4. The van der Waals surface area contributed by atoms with E-state index >= 15 is 0 Å². The summed E-state index contributed by atoms with van der Waals surface area (Å²) < 4.78 is 46.5. The summed E-state index contributed by atoms with van der Waals surface area (Å²) in [6, 6.07) is 7.51. The molecule has 0 fully saturated rings. The molecular formula is C18H12F3N3O3S. The van der Waals surface area contributed by atoms with Crippen molar-refractivity contribution >= 4 is 21.6 Å². The zero-order valence-electron chi connectivity index (χ0n) is 14.3. The van der Waals surface area contributed by atoms with Gasteiger partial charge in [-0.05, 0) is 35.7 Å². The van der Waals surface area contributed by atoms with Gasteiger partial charge in [-0.15, -0.1) is 24.5 Å². The number of halogens is 3. The second-order valence-corrected chi connectivity index (χ2v) is 6.71. The van der Waals surface area contributed by atoms with Gasteiger partial charge in [-0.2, -0.15) is 0 Å². The number of H-pyrrole nitrogens is 1. The normalized spacial score (nSPS) is 11.9. The van der Waals surface area contributed by atoms with Crippen molar-refractivity contribution in [2.24, 2.45) is 0 Å². The zero-order valence-corrected chi connectivity index (χ0v) is 15.1. The third-order valence-corrected chi connectivity index (χ3v) is 4.99. The molecule has 4 rings (SSSR count). The van der Waals surface area contributed by atoms with Crippen molar-refractivity contribution in [1.29, 1.82) is 0 Å². The number of ether oxygens (including phenoxy) is 1. The van der Waals surface area contributed by atoms with Crippen molar-refractivity contribution in [3.8, 4) is 28.3 Å². The van der Waals surface area contributed by atoms with Crippen LogP contribution < -0.4 is 10.5 Å². The number of aromatic amines is 1. The van der Waals surface area contributed by atoms with E-state index in [0.29, 0.717) is 23.3 Å². The summed E-state index contributed by atoms with van der Waals surface area (Å²) in [6.45, 7) is 1.95. The molecule has 0 saturated carbocycles. The highest BCUT2D eigenvalue weighted by atomic mass is 32.1. The fraction of sp³-hybridized carbons (Fsp3) is 0.167. The Balaban J connectivity index is 1.85. The largest absolute Gasteiger partial charge is 0.573 e. The molecule has 0 amide bonds. The molecule has 4 aromatic rings. The molecule has 0 bridgehead atoms. The van der Waals surface area contributed by atoms with Crippen LogP contribution in [-0.2, 0) is 6.42 Å². The highest BCUT2D eigenvalue weighted by Crippen LogP contribution is 2.39. The van der Waals surface area contributed by atoms with Gasteiger partial charge >= 0.3 is 12.1 Å². The average Bonchev–Trinajstić information content (AvgIpc) is 3.29. The summed E-state index contributed by atoms with van der Waals surface area (Å²) in [5, 5.41) is 3.79. The van der Waals surface area contributed by atoms with E-state index in [1.807, 2.05) is 13.0 Å². The average molecular weight is 407 g/mol. The number of alkyl halides is 3. The maximum absolute atomic E-state index is 12.4. The van der Waals surface area contributed by atoms with E-state index in [4.69, 9.17) is 0 Å². The van der Waals surface area contributed by atoms with Crippen molar-refractivity contribution in [3.05, 3.63) is 52.0 Å². The Morgan fingerprint density at radius 3 is 2.61 bits per heavy atom. The number of hydrogen-bond donors (Lipinski definition) is 1. The van der Waals surface area contributed by atoms with Gasteiger partial charge in [0.1, 0.15) is 5.75 Å². The van der Waals surface area contributed by atoms with Crippen LogP contribution in [0.1, 0.15) is 12.5 Å². The maximum Gasteiger partial charge on any atom is 0.573 e. The Labute approximate surface area is 159 Å². The molecule has 2 heterocycles. The van der Waals surface area contributed by atoms with Gasteiger partial charge in [0.15, 0.2) is 5.82 Å². The summed E-state index contributed by atoms with van der Waals surface area (Å²) in [5.74, 6) is -0.631. The second-order valence-electron chi connectivity index (χ2n) is 5.86. The minimum absolute atomic E-state index is 0.293. The van der Waals surface area contributed by atoms with E-state index in [9.17, 15) is 18.0 Å². The van der Waals surface area contributed by atoms with Gasteiger partial charge in [-0.25, -0.2) is 9.78 Å². The molecule has 0 radical (unpaired) electrons. The van der Waals surface area contributed by atoms with Gasteiger partial charge in [0, 0.05) is 11.1 Å². The van der Waals surface area contributed by atoms with E-state index < -0.39 is 12.1 Å². The molecule has 2 aromatic heterocycles. The number of nitrogens with zero attached hydrogens (tertiary/aromatic N) is 2. The molecule has 0 atom stereocenters. The molecule has 0 spiro atoms. The first-order chi connectivity index (χ1) is 13.4. The summed E-state index contributed by atoms with van der Waals surface area (Å²) in [4.78, 5) is 18.3. The van der Waals surface area contributed by atoms with Gasteiger partial charge in [-0.1, -0.05) is 24.2 Å². The number of hydrogen-bond acceptors (Lipinski definition) is 6. The summed E-state index contributed by atoms with van der Waals surface area (Å²) in [6.07, 6.45) is -4.10. The molecule has 0 aliphatic heterocycles. The number of aryl methyl sites for hydroxylation is 1. The molecule has 0 unspecified atom stereocenters. The van der Waals surface area contributed by atoms with Crippen LogP contribution in [-0.4, -0.2) is 21.5 Å². The monoisotopic (exact) mass is 407 g/mol. The lowest BCUT2D eigenvalue weighted by Gasteiger charge is -2.12. The third kappa shape index (κ3) is 3.38. The van der Waals surface area contributed by atoms with E-state index in [0.717, 1.165) is 21.4 Å². The SMILES string of the molecule is CCc1cc(-c2ccc(OC(F)(F)F)cc2)c2ncsc2c1-c1noc(=O)[nH]1. The fourth-order valence-electron chi connectivity index (χ4n) is 3.01. The van der Waals surface area contributed by atoms with Crippen LogP contribution in [0, 0.1) is 0 Å². The summed E-state index contributed by atoms with van der Waals surface area (Å²) in [5.41, 5.74) is 5.40. The number of benzene rings is 2. The van der Waals surface area contributed by atoms with Crippen LogP contribution in [0.3, 0.4) is 0 Å². The van der Waals surface area contributed by atoms with Crippen LogP contribution in [0.2, 0.25) is 0 Å². The Morgan fingerprint density at radius 2 is 2.00 bits per heavy atom. The fourth-order valence-corrected chi connectivity index (χ4v) is 3.89. The summed E-state index contributed by atoms with van der Waals surface area (Å²) in [7, 11) is 0. The minimum atomic E-state index is -4.74. The van der Waals surface area contributed by atoms with Gasteiger partial charge in [0.2, 0.25) is 0 Å². The molecule has 144 valence electrons. The van der Waals surface area contributed by atoms with Crippen LogP contribution in [0.4, 0.5) is 13.2 Å². The first-order valence-corrected chi connectivity index (χ1v) is 9.05. The lowest BCUT2D eigenvalue weighted by atomic mass is 9.96. The number of fused-ring (bicyclic) bond motifs is 1. The summed E-state index contributed by atoms with van der Waals surface area (Å²) >= 11 is 1.38. The van der Waals surface area contributed by atoms with Crippen molar-refractivity contribution in [3.63, 3.8) is 0 Å². The van der Waals surface area contributed by atoms with E-state index in [1.165, 1.54) is 23.5 Å². The molecule has 0 aliphatic carbocycles. The standard InChI is InChI=1S/C18H12F3N3O3S/c1-2-9-7-12(10-3-5-11(6-4-10)26-18(19,20)21)14-15(28-8-22-14)13(9)16-23-17(25)27-24-16/h3-8H,2H2,1H3,(H,23,24,25). The van der Waals surface area contributed by atoms with Crippen LogP contribution in [0.25, 0.3) is 32.7 Å². The molecule has 0 aliphatic rings. The number of thiazole rings is 1. The first kappa shape index (κ1) is 18.2. The number of aromatic nitrogens is 3. The Bertz CT molecular complexity index is 1190. The van der Waals surface area contributed by atoms with Crippen molar-refractivity contribution in [1.82, 2.24) is 15.1 Å². The maximum atomic E-state index is 12.4. The number of nitrogens with one attached hydrogen (secondary N) is 1. The van der Waals surface area contributed by atoms with E-state index in [1.54, 1.807) is 17.6 Å². The highest BCUT2D eigenvalue weighted by Gasteiger charge is 2.31. The Morgan fingerprint density at radius 1 is 1.25 bits per heavy atom. The Hall–Kier alpha value is -3.14. The first-order valence-electron chi connectivity index (χ1n) is 8.17. The molecule has 28 heavy (non-hydrogen) atoms. The van der Waals surface area contributed by atoms with Crippen LogP contribution >= 0.6 is 11.3 Å². The molecule has 1 N–H and O–H groups in total. The highest BCUT2D eigenvalue weighted by molar-refractivity contribution is 7.17. The minimum Gasteiger partial charge on any atom is -0.406 e. The molecule has 6 nitrogen and oxygen atoms in total. The lowest BCUT2D eigenvalue weighted by molar-refractivity contribution is -0.274. The smallest absolute Gasteiger partial charge is 0.406 e.